The van der Waals surface area contributed by atoms with Gasteiger partial charge in [0.25, 0.3) is 5.91 Å². The third-order valence-electron chi connectivity index (χ3n) is 2.40. The zero-order valence-corrected chi connectivity index (χ0v) is 9.78. The van der Waals surface area contributed by atoms with Crippen molar-refractivity contribution in [2.45, 2.75) is 13.1 Å². The van der Waals surface area contributed by atoms with Crippen molar-refractivity contribution in [2.24, 2.45) is 0 Å². The van der Waals surface area contributed by atoms with Crippen LogP contribution in [0.2, 0.25) is 0 Å². The van der Waals surface area contributed by atoms with Crippen LogP contribution in [0.5, 0.6) is 0 Å². The Bertz CT molecular complexity index is 605. The maximum atomic E-state index is 12.5. The van der Waals surface area contributed by atoms with Crippen LogP contribution in [-0.2, 0) is 6.18 Å². The molecule has 2 aromatic rings. The largest absolute Gasteiger partial charge is 0.438 e. The molecule has 4 nitrogen and oxygen atoms in total. The number of anilines is 1. The van der Waals surface area contributed by atoms with Gasteiger partial charge in [-0.1, -0.05) is 6.07 Å². The van der Waals surface area contributed by atoms with Crippen LogP contribution in [0, 0.1) is 6.92 Å². The summed E-state index contributed by atoms with van der Waals surface area (Å²) in [4.78, 5) is 15.5. The van der Waals surface area contributed by atoms with Gasteiger partial charge in [-0.2, -0.15) is 13.2 Å². The summed E-state index contributed by atoms with van der Waals surface area (Å²) in [5, 5.41) is 2.32. The van der Waals surface area contributed by atoms with E-state index in [0.717, 1.165) is 18.5 Å². The number of aromatic nitrogens is 1. The summed E-state index contributed by atoms with van der Waals surface area (Å²) >= 11 is 0. The number of halogens is 3. The number of hydrogen-bond acceptors (Lipinski definition) is 3. The number of carbonyl (C=O) groups is 1. The monoisotopic (exact) mass is 270 g/mol. The topological polar surface area (TPSA) is 55.1 Å². The Kier molecular flexibility index (Phi) is 3.28. The quantitative estimate of drug-likeness (QED) is 0.911. The van der Waals surface area contributed by atoms with Gasteiger partial charge < -0.3 is 9.73 Å². The first-order valence-corrected chi connectivity index (χ1v) is 5.26. The predicted molar refractivity (Wildman–Crippen MR) is 60.6 cm³/mol. The van der Waals surface area contributed by atoms with Gasteiger partial charge in [0, 0.05) is 5.69 Å². The van der Waals surface area contributed by atoms with Crippen molar-refractivity contribution in [1.82, 2.24) is 4.98 Å². The van der Waals surface area contributed by atoms with Crippen LogP contribution in [0.3, 0.4) is 0 Å². The van der Waals surface area contributed by atoms with Gasteiger partial charge in [0.15, 0.2) is 6.39 Å². The van der Waals surface area contributed by atoms with E-state index in [1.165, 1.54) is 12.1 Å². The lowest BCUT2D eigenvalue weighted by molar-refractivity contribution is -0.137. The van der Waals surface area contributed by atoms with E-state index in [-0.39, 0.29) is 11.4 Å². The molecule has 0 unspecified atom stereocenters. The first-order valence-electron chi connectivity index (χ1n) is 5.26. The summed E-state index contributed by atoms with van der Waals surface area (Å²) in [6.45, 7) is 1.56. The fraction of sp³-hybridized carbons (Fsp3) is 0.167. The van der Waals surface area contributed by atoms with Crippen LogP contribution in [-0.4, -0.2) is 10.9 Å². The van der Waals surface area contributed by atoms with Gasteiger partial charge in [-0.3, -0.25) is 4.79 Å². The fourth-order valence-electron chi connectivity index (χ4n) is 1.48. The molecule has 0 spiro atoms. The lowest BCUT2D eigenvalue weighted by Gasteiger charge is -2.09. The van der Waals surface area contributed by atoms with Gasteiger partial charge >= 0.3 is 6.18 Å². The second kappa shape index (κ2) is 4.75. The highest BCUT2D eigenvalue weighted by atomic mass is 19.4. The molecule has 2 rings (SSSR count). The molecule has 0 radical (unpaired) electrons. The number of alkyl halides is 3. The molecule has 0 atom stereocenters. The molecule has 0 saturated heterocycles. The number of oxazole rings is 1. The summed E-state index contributed by atoms with van der Waals surface area (Å²) in [7, 11) is 0. The van der Waals surface area contributed by atoms with E-state index >= 15 is 0 Å². The molecule has 0 aliphatic heterocycles. The molecule has 0 bridgehead atoms. The third-order valence-corrected chi connectivity index (χ3v) is 2.40. The van der Waals surface area contributed by atoms with E-state index in [9.17, 15) is 18.0 Å². The van der Waals surface area contributed by atoms with Crippen molar-refractivity contribution in [1.29, 1.82) is 0 Å². The zero-order chi connectivity index (χ0) is 14.0. The van der Waals surface area contributed by atoms with Crippen molar-refractivity contribution in [2.75, 3.05) is 5.32 Å². The van der Waals surface area contributed by atoms with Crippen molar-refractivity contribution >= 4 is 11.6 Å². The number of aryl methyl sites for hydroxylation is 1. The highest BCUT2D eigenvalue weighted by Crippen LogP contribution is 2.30. The maximum Gasteiger partial charge on any atom is 0.416 e. The molecular formula is C12H9F3N2O2. The van der Waals surface area contributed by atoms with Crippen LogP contribution in [0.15, 0.2) is 35.1 Å². The zero-order valence-electron chi connectivity index (χ0n) is 9.78. The first-order chi connectivity index (χ1) is 8.88. The molecule has 1 N–H and O–H groups in total. The van der Waals surface area contributed by atoms with Crippen molar-refractivity contribution < 1.29 is 22.4 Å². The van der Waals surface area contributed by atoms with Crippen molar-refractivity contribution in [3.63, 3.8) is 0 Å². The molecule has 0 aliphatic carbocycles. The second-order valence-electron chi connectivity index (χ2n) is 3.80. The lowest BCUT2D eigenvalue weighted by Crippen LogP contribution is -2.13. The molecule has 100 valence electrons. The van der Waals surface area contributed by atoms with Crippen LogP contribution >= 0.6 is 0 Å². The van der Waals surface area contributed by atoms with E-state index in [1.807, 2.05) is 0 Å². The molecular weight excluding hydrogens is 261 g/mol. The molecule has 1 aromatic carbocycles. The Morgan fingerprint density at radius 3 is 2.68 bits per heavy atom. The van der Waals surface area contributed by atoms with Crippen LogP contribution < -0.4 is 5.32 Å². The summed E-state index contributed by atoms with van der Waals surface area (Å²) in [6, 6.07) is 4.35. The van der Waals surface area contributed by atoms with E-state index < -0.39 is 17.6 Å². The van der Waals surface area contributed by atoms with Crippen molar-refractivity contribution in [3.8, 4) is 0 Å². The number of nitrogens with one attached hydrogen (secondary N) is 1. The molecule has 19 heavy (non-hydrogen) atoms. The van der Waals surface area contributed by atoms with Gasteiger partial charge in [0.2, 0.25) is 5.76 Å². The molecule has 0 saturated carbocycles. The fourth-order valence-corrected chi connectivity index (χ4v) is 1.48. The van der Waals surface area contributed by atoms with E-state index in [2.05, 4.69) is 10.3 Å². The van der Waals surface area contributed by atoms with E-state index in [0.29, 0.717) is 5.69 Å². The average Bonchev–Trinajstić information content (AvgIpc) is 2.75. The predicted octanol–water partition coefficient (Wildman–Crippen LogP) is 3.25. The minimum absolute atomic E-state index is 0.0302. The number of nitrogens with zero attached hydrogens (tertiary/aromatic N) is 1. The lowest BCUT2D eigenvalue weighted by atomic mass is 10.2. The third kappa shape index (κ3) is 2.93. The number of amides is 1. The second-order valence-corrected chi connectivity index (χ2v) is 3.80. The van der Waals surface area contributed by atoms with Gasteiger partial charge in [-0.05, 0) is 25.1 Å². The van der Waals surface area contributed by atoms with Gasteiger partial charge in [-0.25, -0.2) is 4.98 Å². The molecule has 1 aromatic heterocycles. The SMILES string of the molecule is Cc1ncoc1C(=O)Nc1cccc(C(F)(F)F)c1. The van der Waals surface area contributed by atoms with E-state index in [4.69, 9.17) is 4.42 Å². The van der Waals surface area contributed by atoms with Crippen molar-refractivity contribution in [3.05, 3.63) is 47.7 Å². The Morgan fingerprint density at radius 2 is 2.11 bits per heavy atom. The molecule has 1 heterocycles. The van der Waals surface area contributed by atoms with Crippen LogP contribution in [0.4, 0.5) is 18.9 Å². The number of hydrogen-bond donors (Lipinski definition) is 1. The Hall–Kier alpha value is -2.31. The Labute approximate surface area is 106 Å². The summed E-state index contributed by atoms with van der Waals surface area (Å²) < 4.78 is 42.4. The highest BCUT2D eigenvalue weighted by Gasteiger charge is 2.30. The smallest absolute Gasteiger partial charge is 0.416 e. The summed E-state index contributed by atoms with van der Waals surface area (Å²) in [5.74, 6) is -0.674. The van der Waals surface area contributed by atoms with Gasteiger partial charge in [0.05, 0.1) is 11.3 Å². The number of benzene rings is 1. The Morgan fingerprint density at radius 1 is 1.37 bits per heavy atom. The molecule has 0 aliphatic rings. The highest BCUT2D eigenvalue weighted by molar-refractivity contribution is 6.02. The Balaban J connectivity index is 2.21. The minimum atomic E-state index is -4.46. The molecule has 1 amide bonds. The summed E-state index contributed by atoms with van der Waals surface area (Å²) in [5.41, 5.74) is -0.431. The number of rotatable bonds is 2. The van der Waals surface area contributed by atoms with Crippen LogP contribution in [0.25, 0.3) is 0 Å². The standard InChI is InChI=1S/C12H9F3N2O2/c1-7-10(19-6-16-7)11(18)17-9-4-2-3-8(5-9)12(13,14)15/h2-6H,1H3,(H,17,18). The van der Waals surface area contributed by atoms with E-state index in [1.54, 1.807) is 6.92 Å². The number of carbonyl (C=O) groups excluding carboxylic acids is 1. The molecule has 7 heteroatoms. The van der Waals surface area contributed by atoms with Crippen LogP contribution in [0.1, 0.15) is 21.8 Å². The maximum absolute atomic E-state index is 12.5. The first kappa shape index (κ1) is 13.1. The average molecular weight is 270 g/mol. The molecule has 0 fully saturated rings. The summed E-state index contributed by atoms with van der Waals surface area (Å²) in [6.07, 6.45) is -3.36. The minimum Gasteiger partial charge on any atom is -0.438 e. The van der Waals surface area contributed by atoms with Gasteiger partial charge in [-0.15, -0.1) is 0 Å². The normalized spacial score (nSPS) is 11.4. The van der Waals surface area contributed by atoms with Gasteiger partial charge in [0.1, 0.15) is 0 Å².